The monoisotopic (exact) mass is 323 g/mol. The summed E-state index contributed by atoms with van der Waals surface area (Å²) in [6.07, 6.45) is 4.68. The lowest BCUT2D eigenvalue weighted by Crippen LogP contribution is -2.56. The molecular formula is C17H29N3O3. The fraction of sp³-hybridized carbons (Fsp3) is 0.882. The number of rotatable bonds is 3. The third-order valence-electron chi connectivity index (χ3n) is 6.25. The van der Waals surface area contributed by atoms with E-state index in [9.17, 15) is 9.59 Å². The van der Waals surface area contributed by atoms with Crippen LogP contribution >= 0.6 is 0 Å². The highest BCUT2D eigenvalue weighted by Gasteiger charge is 2.51. The summed E-state index contributed by atoms with van der Waals surface area (Å²) in [5.74, 6) is 0.188. The molecule has 0 aromatic carbocycles. The van der Waals surface area contributed by atoms with Crippen molar-refractivity contribution in [2.45, 2.75) is 58.0 Å². The first-order valence-electron chi connectivity index (χ1n) is 8.93. The maximum absolute atomic E-state index is 11.7. The Morgan fingerprint density at radius 3 is 2.35 bits per heavy atom. The van der Waals surface area contributed by atoms with E-state index < -0.39 is 6.09 Å². The van der Waals surface area contributed by atoms with E-state index in [0.29, 0.717) is 18.6 Å². The highest BCUT2D eigenvalue weighted by Crippen LogP contribution is 2.50. The lowest BCUT2D eigenvalue weighted by Gasteiger charge is -2.52. The number of hydrogen-bond acceptors (Lipinski definition) is 3. The maximum Gasteiger partial charge on any atom is 0.407 e. The fourth-order valence-electron chi connectivity index (χ4n) is 4.93. The van der Waals surface area contributed by atoms with Gasteiger partial charge in [0.2, 0.25) is 5.91 Å². The molecule has 0 aromatic rings. The van der Waals surface area contributed by atoms with E-state index >= 15 is 0 Å². The van der Waals surface area contributed by atoms with E-state index in [1.54, 1.807) is 11.8 Å². The highest BCUT2D eigenvalue weighted by molar-refractivity contribution is 5.73. The molecule has 1 spiro atoms. The number of carboxylic acid groups (broad SMARTS) is 1. The van der Waals surface area contributed by atoms with Crippen molar-refractivity contribution in [1.82, 2.24) is 14.7 Å². The van der Waals surface area contributed by atoms with Gasteiger partial charge in [0, 0.05) is 51.7 Å². The Balaban J connectivity index is 1.46. The molecule has 0 unspecified atom stereocenters. The van der Waals surface area contributed by atoms with E-state index in [0.717, 1.165) is 58.3 Å². The molecule has 6 nitrogen and oxygen atoms in total. The summed E-state index contributed by atoms with van der Waals surface area (Å²) in [5.41, 5.74) is 0.259. The number of carbonyl (C=O) groups is 2. The SMILES string of the molecule is CCN(C(C)=O)C1CCN(C2CC3(CCN(C(=O)O)C3)C2)CC1. The van der Waals surface area contributed by atoms with Crippen LogP contribution in [0.3, 0.4) is 0 Å². The van der Waals surface area contributed by atoms with Gasteiger partial charge >= 0.3 is 6.09 Å². The number of amides is 2. The van der Waals surface area contributed by atoms with Crippen LogP contribution in [0, 0.1) is 5.41 Å². The topological polar surface area (TPSA) is 64.1 Å². The molecule has 1 saturated carbocycles. The molecule has 1 N–H and O–H groups in total. The number of piperidine rings is 1. The number of carbonyl (C=O) groups excluding carboxylic acids is 1. The van der Waals surface area contributed by atoms with Crippen molar-refractivity contribution in [2.24, 2.45) is 5.41 Å². The lowest BCUT2D eigenvalue weighted by molar-refractivity contribution is -0.132. The summed E-state index contributed by atoms with van der Waals surface area (Å²) in [4.78, 5) is 28.9. The molecule has 1 aliphatic carbocycles. The van der Waals surface area contributed by atoms with Crippen molar-refractivity contribution in [1.29, 1.82) is 0 Å². The second-order valence-corrected chi connectivity index (χ2v) is 7.59. The van der Waals surface area contributed by atoms with Gasteiger partial charge in [0.15, 0.2) is 0 Å². The van der Waals surface area contributed by atoms with Gasteiger partial charge in [0.1, 0.15) is 0 Å². The molecule has 2 saturated heterocycles. The van der Waals surface area contributed by atoms with Crippen molar-refractivity contribution >= 4 is 12.0 Å². The second-order valence-electron chi connectivity index (χ2n) is 7.59. The third-order valence-corrected chi connectivity index (χ3v) is 6.25. The molecule has 0 bridgehead atoms. The van der Waals surface area contributed by atoms with E-state index in [-0.39, 0.29) is 11.3 Å². The minimum atomic E-state index is -0.768. The standard InChI is InChI=1S/C17H29N3O3/c1-3-20(13(2)21)14-4-7-18(8-5-14)15-10-17(11-15)6-9-19(12-17)16(22)23/h14-15H,3-12H2,1-2H3,(H,22,23). The van der Waals surface area contributed by atoms with E-state index in [2.05, 4.69) is 11.8 Å². The summed E-state index contributed by atoms with van der Waals surface area (Å²) in [6, 6.07) is 1.02. The van der Waals surface area contributed by atoms with Gasteiger partial charge in [0.05, 0.1) is 0 Å². The Labute approximate surface area is 138 Å². The number of nitrogens with zero attached hydrogens (tertiary/aromatic N) is 3. The van der Waals surface area contributed by atoms with Crippen molar-refractivity contribution in [3.63, 3.8) is 0 Å². The minimum Gasteiger partial charge on any atom is -0.465 e. The molecule has 0 radical (unpaired) electrons. The fourth-order valence-corrected chi connectivity index (χ4v) is 4.93. The second kappa shape index (κ2) is 6.30. The smallest absolute Gasteiger partial charge is 0.407 e. The Kier molecular flexibility index (Phi) is 4.54. The quantitative estimate of drug-likeness (QED) is 0.861. The first kappa shape index (κ1) is 16.6. The van der Waals surface area contributed by atoms with Crippen LogP contribution in [0.5, 0.6) is 0 Å². The predicted molar refractivity (Wildman–Crippen MR) is 87.3 cm³/mol. The summed E-state index contributed by atoms with van der Waals surface area (Å²) >= 11 is 0. The molecule has 2 aliphatic heterocycles. The Morgan fingerprint density at radius 1 is 1.22 bits per heavy atom. The van der Waals surface area contributed by atoms with Gasteiger partial charge in [-0.2, -0.15) is 0 Å². The first-order valence-corrected chi connectivity index (χ1v) is 8.93. The summed E-state index contributed by atoms with van der Waals surface area (Å²) in [7, 11) is 0. The maximum atomic E-state index is 11.7. The van der Waals surface area contributed by atoms with Gasteiger partial charge in [-0.05, 0) is 44.4 Å². The predicted octanol–water partition coefficient (Wildman–Crippen LogP) is 1.85. The van der Waals surface area contributed by atoms with E-state index in [1.165, 1.54) is 0 Å². The molecule has 6 heteroatoms. The van der Waals surface area contributed by atoms with Crippen molar-refractivity contribution in [2.75, 3.05) is 32.7 Å². The summed E-state index contributed by atoms with van der Waals surface area (Å²) in [6.45, 7) is 8.09. The molecule has 130 valence electrons. The lowest BCUT2D eigenvalue weighted by atomic mass is 9.64. The van der Waals surface area contributed by atoms with Crippen molar-refractivity contribution < 1.29 is 14.7 Å². The molecule has 0 atom stereocenters. The largest absolute Gasteiger partial charge is 0.465 e. The third kappa shape index (κ3) is 3.18. The summed E-state index contributed by atoms with van der Waals surface area (Å²) < 4.78 is 0. The molecule has 23 heavy (non-hydrogen) atoms. The molecule has 3 rings (SSSR count). The van der Waals surface area contributed by atoms with Crippen molar-refractivity contribution in [3.05, 3.63) is 0 Å². The Hall–Kier alpha value is -1.30. The van der Waals surface area contributed by atoms with Gasteiger partial charge < -0.3 is 19.8 Å². The normalized spacial score (nSPS) is 32.1. The average Bonchev–Trinajstić information content (AvgIpc) is 2.93. The van der Waals surface area contributed by atoms with Crippen LogP contribution in [0.2, 0.25) is 0 Å². The van der Waals surface area contributed by atoms with E-state index in [4.69, 9.17) is 5.11 Å². The van der Waals surface area contributed by atoms with E-state index in [1.807, 2.05) is 4.90 Å². The number of likely N-dealkylation sites (tertiary alicyclic amines) is 2. The van der Waals surface area contributed by atoms with Crippen LogP contribution in [0.1, 0.15) is 46.0 Å². The molecular weight excluding hydrogens is 294 g/mol. The molecule has 2 heterocycles. The van der Waals surface area contributed by atoms with Gasteiger partial charge in [-0.25, -0.2) is 4.79 Å². The Bertz CT molecular complexity index is 468. The van der Waals surface area contributed by atoms with Crippen LogP contribution < -0.4 is 0 Å². The van der Waals surface area contributed by atoms with Gasteiger partial charge in [-0.3, -0.25) is 4.79 Å². The van der Waals surface area contributed by atoms with Crippen LogP contribution in [0.25, 0.3) is 0 Å². The van der Waals surface area contributed by atoms with Crippen LogP contribution in [0.4, 0.5) is 4.79 Å². The molecule has 3 aliphatic rings. The zero-order chi connectivity index (χ0) is 16.6. The average molecular weight is 323 g/mol. The number of hydrogen-bond donors (Lipinski definition) is 1. The molecule has 3 fully saturated rings. The van der Waals surface area contributed by atoms with Gasteiger partial charge in [-0.15, -0.1) is 0 Å². The van der Waals surface area contributed by atoms with Gasteiger partial charge in [-0.1, -0.05) is 0 Å². The summed E-state index contributed by atoms with van der Waals surface area (Å²) in [5, 5.41) is 9.11. The highest BCUT2D eigenvalue weighted by atomic mass is 16.4. The van der Waals surface area contributed by atoms with Crippen molar-refractivity contribution in [3.8, 4) is 0 Å². The first-order chi connectivity index (χ1) is 10.9. The van der Waals surface area contributed by atoms with Crippen LogP contribution in [-0.2, 0) is 4.79 Å². The Morgan fingerprint density at radius 2 is 1.87 bits per heavy atom. The van der Waals surface area contributed by atoms with Crippen LogP contribution in [-0.4, -0.2) is 76.6 Å². The zero-order valence-corrected chi connectivity index (χ0v) is 14.3. The molecule has 2 amide bonds. The van der Waals surface area contributed by atoms with Crippen LogP contribution in [0.15, 0.2) is 0 Å². The minimum absolute atomic E-state index is 0.188. The zero-order valence-electron chi connectivity index (χ0n) is 14.3. The van der Waals surface area contributed by atoms with Gasteiger partial charge in [0.25, 0.3) is 0 Å². The molecule has 0 aromatic heterocycles.